The Kier molecular flexibility index (Phi) is 7.80. The van der Waals surface area contributed by atoms with E-state index in [1.54, 1.807) is 26.0 Å². The van der Waals surface area contributed by atoms with Crippen molar-refractivity contribution in [3.63, 3.8) is 0 Å². The van der Waals surface area contributed by atoms with E-state index in [0.717, 1.165) is 0 Å². The molecular formula is C19H26ClN5O3. The van der Waals surface area contributed by atoms with E-state index < -0.39 is 12.0 Å². The number of para-hydroxylation sites is 1. The number of hydrogen-bond acceptors (Lipinski definition) is 5. The summed E-state index contributed by atoms with van der Waals surface area (Å²) < 4.78 is 6.45. The number of hydrogen-bond donors (Lipinski definition) is 2. The number of ether oxygens (including phenoxy) is 1. The van der Waals surface area contributed by atoms with E-state index in [0.29, 0.717) is 28.9 Å². The van der Waals surface area contributed by atoms with Crippen LogP contribution in [0.1, 0.15) is 43.6 Å². The van der Waals surface area contributed by atoms with Crippen LogP contribution in [-0.2, 0) is 4.74 Å². The highest BCUT2D eigenvalue weighted by molar-refractivity contribution is 6.32. The van der Waals surface area contributed by atoms with Crippen molar-refractivity contribution in [3.8, 4) is 5.69 Å². The molecule has 0 radical (unpaired) electrons. The average Bonchev–Trinajstić information content (AvgIpc) is 3.01. The standard InChI is InChI=1S/C19H26ClN5O3/c1-5-28-19(27)23-14(10-12(2)3)11-21-18(26)17-22-13(4)25(24-17)16-9-7-6-8-15(16)20/h6-9,12,14H,5,10-11H2,1-4H3,(H,21,26)(H,23,27). The first-order chi connectivity index (χ1) is 13.3. The summed E-state index contributed by atoms with van der Waals surface area (Å²) in [5.41, 5.74) is 0.648. The minimum absolute atomic E-state index is 0.0388. The van der Waals surface area contributed by atoms with Crippen molar-refractivity contribution >= 4 is 23.6 Å². The fourth-order valence-corrected chi connectivity index (χ4v) is 2.95. The minimum Gasteiger partial charge on any atom is -0.450 e. The molecule has 0 bridgehead atoms. The van der Waals surface area contributed by atoms with Gasteiger partial charge in [0.05, 0.1) is 17.3 Å². The smallest absolute Gasteiger partial charge is 0.407 e. The van der Waals surface area contributed by atoms with Gasteiger partial charge in [-0.15, -0.1) is 5.10 Å². The van der Waals surface area contributed by atoms with Crippen LogP contribution in [0.5, 0.6) is 0 Å². The average molecular weight is 408 g/mol. The van der Waals surface area contributed by atoms with E-state index in [-0.39, 0.29) is 25.0 Å². The second-order valence-corrected chi connectivity index (χ2v) is 7.15. The molecule has 2 rings (SSSR count). The second kappa shape index (κ2) is 10.1. The van der Waals surface area contributed by atoms with Gasteiger partial charge < -0.3 is 15.4 Å². The molecule has 0 aliphatic rings. The van der Waals surface area contributed by atoms with Gasteiger partial charge in [-0.05, 0) is 38.3 Å². The zero-order valence-corrected chi connectivity index (χ0v) is 17.3. The van der Waals surface area contributed by atoms with Crippen LogP contribution >= 0.6 is 11.6 Å². The molecule has 8 nitrogen and oxygen atoms in total. The summed E-state index contributed by atoms with van der Waals surface area (Å²) >= 11 is 6.20. The Morgan fingerprint density at radius 2 is 2.00 bits per heavy atom. The van der Waals surface area contributed by atoms with Gasteiger partial charge in [0.1, 0.15) is 5.82 Å². The minimum atomic E-state index is -0.501. The van der Waals surface area contributed by atoms with Gasteiger partial charge >= 0.3 is 6.09 Å². The molecule has 2 aromatic rings. The normalized spacial score (nSPS) is 11.9. The number of benzene rings is 1. The Hall–Kier alpha value is -2.61. The van der Waals surface area contributed by atoms with Gasteiger partial charge in [-0.2, -0.15) is 0 Å². The molecule has 0 fully saturated rings. The number of amides is 2. The monoisotopic (exact) mass is 407 g/mol. The topological polar surface area (TPSA) is 98.1 Å². The summed E-state index contributed by atoms with van der Waals surface area (Å²) in [5, 5.41) is 10.3. The van der Waals surface area contributed by atoms with E-state index in [2.05, 4.69) is 20.7 Å². The lowest BCUT2D eigenvalue weighted by Gasteiger charge is -2.20. The van der Waals surface area contributed by atoms with E-state index in [1.807, 2.05) is 26.0 Å². The first-order valence-corrected chi connectivity index (χ1v) is 9.59. The molecular weight excluding hydrogens is 382 g/mol. The Bertz CT molecular complexity index is 822. The van der Waals surface area contributed by atoms with E-state index in [4.69, 9.17) is 16.3 Å². The molecule has 1 aromatic heterocycles. The first-order valence-electron chi connectivity index (χ1n) is 9.21. The van der Waals surface area contributed by atoms with Gasteiger partial charge in [-0.3, -0.25) is 4.79 Å². The summed E-state index contributed by atoms with van der Waals surface area (Å²) in [6, 6.07) is 6.94. The van der Waals surface area contributed by atoms with Crippen LogP contribution in [0, 0.1) is 12.8 Å². The quantitative estimate of drug-likeness (QED) is 0.700. The number of nitrogens with one attached hydrogen (secondary N) is 2. The summed E-state index contributed by atoms with van der Waals surface area (Å²) in [6.45, 7) is 8.10. The van der Waals surface area contributed by atoms with Crippen molar-refractivity contribution in [2.24, 2.45) is 5.92 Å². The van der Waals surface area contributed by atoms with Crippen LogP contribution in [0.25, 0.3) is 5.69 Å². The number of alkyl carbamates (subject to hydrolysis) is 1. The number of carbonyl (C=O) groups is 2. The summed E-state index contributed by atoms with van der Waals surface area (Å²) in [5.74, 6) is 0.496. The number of nitrogens with zero attached hydrogens (tertiary/aromatic N) is 3. The third kappa shape index (κ3) is 5.95. The molecule has 9 heteroatoms. The van der Waals surface area contributed by atoms with Crippen LogP contribution in [0.15, 0.2) is 24.3 Å². The van der Waals surface area contributed by atoms with Gasteiger partial charge in [-0.1, -0.05) is 37.6 Å². The van der Waals surface area contributed by atoms with Gasteiger partial charge in [-0.25, -0.2) is 14.5 Å². The Morgan fingerprint density at radius 1 is 1.29 bits per heavy atom. The van der Waals surface area contributed by atoms with Gasteiger partial charge in [0.25, 0.3) is 5.91 Å². The highest BCUT2D eigenvalue weighted by Crippen LogP contribution is 2.20. The molecule has 0 saturated heterocycles. The Morgan fingerprint density at radius 3 is 2.64 bits per heavy atom. The maximum absolute atomic E-state index is 12.5. The van der Waals surface area contributed by atoms with Gasteiger partial charge in [0.15, 0.2) is 0 Å². The molecule has 1 unspecified atom stereocenters. The number of aryl methyl sites for hydroxylation is 1. The van der Waals surface area contributed by atoms with Crippen LogP contribution in [-0.4, -0.2) is 46.0 Å². The lowest BCUT2D eigenvalue weighted by atomic mass is 10.0. The van der Waals surface area contributed by atoms with Crippen molar-refractivity contribution in [1.29, 1.82) is 0 Å². The van der Waals surface area contributed by atoms with Crippen molar-refractivity contribution in [2.75, 3.05) is 13.2 Å². The zero-order chi connectivity index (χ0) is 20.7. The fraction of sp³-hybridized carbons (Fsp3) is 0.474. The summed E-state index contributed by atoms with van der Waals surface area (Å²) in [4.78, 5) is 28.4. The molecule has 0 aliphatic heterocycles. The largest absolute Gasteiger partial charge is 0.450 e. The van der Waals surface area contributed by atoms with E-state index in [1.165, 1.54) is 4.68 Å². The lowest BCUT2D eigenvalue weighted by molar-refractivity contribution is 0.0934. The molecule has 0 saturated carbocycles. The Balaban J connectivity index is 2.06. The zero-order valence-electron chi connectivity index (χ0n) is 16.5. The van der Waals surface area contributed by atoms with E-state index in [9.17, 15) is 9.59 Å². The second-order valence-electron chi connectivity index (χ2n) is 6.75. The number of carbonyl (C=O) groups excluding carboxylic acids is 2. The van der Waals surface area contributed by atoms with Crippen LogP contribution in [0.3, 0.4) is 0 Å². The van der Waals surface area contributed by atoms with Crippen molar-refractivity contribution in [3.05, 3.63) is 40.9 Å². The third-order valence-electron chi connectivity index (χ3n) is 3.92. The highest BCUT2D eigenvalue weighted by Gasteiger charge is 2.20. The highest BCUT2D eigenvalue weighted by atomic mass is 35.5. The van der Waals surface area contributed by atoms with Crippen molar-refractivity contribution in [1.82, 2.24) is 25.4 Å². The third-order valence-corrected chi connectivity index (χ3v) is 4.23. The number of aromatic nitrogens is 3. The van der Waals surface area contributed by atoms with Gasteiger partial charge in [0, 0.05) is 12.6 Å². The molecule has 1 aromatic carbocycles. The van der Waals surface area contributed by atoms with Crippen molar-refractivity contribution in [2.45, 2.75) is 40.2 Å². The summed E-state index contributed by atoms with van der Waals surface area (Å²) in [6.07, 6.45) is 0.193. The Labute approximate surface area is 169 Å². The number of halogens is 1. The molecule has 0 aliphatic carbocycles. The lowest BCUT2D eigenvalue weighted by Crippen LogP contribution is -2.44. The molecule has 0 spiro atoms. The van der Waals surface area contributed by atoms with Gasteiger partial charge in [0.2, 0.25) is 5.82 Å². The molecule has 1 heterocycles. The predicted molar refractivity (Wildman–Crippen MR) is 107 cm³/mol. The molecule has 2 N–H and O–H groups in total. The van der Waals surface area contributed by atoms with Crippen LogP contribution in [0.4, 0.5) is 4.79 Å². The molecule has 1 atom stereocenters. The number of rotatable bonds is 8. The van der Waals surface area contributed by atoms with Crippen LogP contribution < -0.4 is 10.6 Å². The predicted octanol–water partition coefficient (Wildman–Crippen LogP) is 3.12. The first kappa shape index (κ1) is 21.7. The van der Waals surface area contributed by atoms with Crippen LogP contribution in [0.2, 0.25) is 5.02 Å². The fourth-order valence-electron chi connectivity index (χ4n) is 2.73. The maximum Gasteiger partial charge on any atom is 0.407 e. The SMILES string of the molecule is CCOC(=O)NC(CNC(=O)c1nc(C)n(-c2ccccc2Cl)n1)CC(C)C. The van der Waals surface area contributed by atoms with E-state index >= 15 is 0 Å². The molecule has 2 amide bonds. The summed E-state index contributed by atoms with van der Waals surface area (Å²) in [7, 11) is 0. The van der Waals surface area contributed by atoms with Crippen molar-refractivity contribution < 1.29 is 14.3 Å². The maximum atomic E-state index is 12.5. The molecule has 28 heavy (non-hydrogen) atoms. The molecule has 152 valence electrons.